The molecule has 0 aliphatic heterocycles. The van der Waals surface area contributed by atoms with Crippen molar-refractivity contribution in [3.63, 3.8) is 0 Å². The molecule has 1 aromatic rings. The Bertz CT molecular complexity index is 657. The monoisotopic (exact) mass is 329 g/mol. The first-order valence-electron chi connectivity index (χ1n) is 6.60. The van der Waals surface area contributed by atoms with Gasteiger partial charge in [0.2, 0.25) is 15.9 Å². The number of nitrogens with zero attached hydrogens (tertiary/aromatic N) is 2. The Balaban J connectivity index is 3.02. The number of anilines is 1. The summed E-state index contributed by atoms with van der Waals surface area (Å²) in [4.78, 5) is 22.0. The fourth-order valence-electron chi connectivity index (χ4n) is 1.67. The number of nitrogens with one attached hydrogen (secondary N) is 1. The van der Waals surface area contributed by atoms with Gasteiger partial charge in [0, 0.05) is 18.7 Å². The summed E-state index contributed by atoms with van der Waals surface area (Å²) in [5.74, 6) is -0.237. The largest absolute Gasteiger partial charge is 0.354 e. The molecule has 1 rings (SSSR count). The SMILES string of the molecule is CC(C)CNC(=O)CN(c1cccc([N+](=O)[O-])c1)S(C)(=O)=O. The molecular weight excluding hydrogens is 310 g/mol. The second-order valence-electron chi connectivity index (χ2n) is 5.24. The third kappa shape index (κ3) is 5.32. The first-order valence-corrected chi connectivity index (χ1v) is 8.45. The van der Waals surface area contributed by atoms with Crippen LogP contribution < -0.4 is 9.62 Å². The number of hydrogen-bond donors (Lipinski definition) is 1. The minimum Gasteiger partial charge on any atom is -0.354 e. The van der Waals surface area contributed by atoms with Crippen molar-refractivity contribution in [2.24, 2.45) is 5.92 Å². The van der Waals surface area contributed by atoms with E-state index in [4.69, 9.17) is 0 Å². The Labute approximate surface area is 129 Å². The Morgan fingerprint density at radius 2 is 2.05 bits per heavy atom. The van der Waals surface area contributed by atoms with Gasteiger partial charge in [-0.2, -0.15) is 0 Å². The summed E-state index contributed by atoms with van der Waals surface area (Å²) < 4.78 is 24.6. The Morgan fingerprint density at radius 3 is 2.55 bits per heavy atom. The molecule has 0 saturated carbocycles. The van der Waals surface area contributed by atoms with Crippen molar-refractivity contribution in [1.29, 1.82) is 0 Å². The number of nitro benzene ring substituents is 1. The van der Waals surface area contributed by atoms with Gasteiger partial charge in [-0.3, -0.25) is 19.2 Å². The topological polar surface area (TPSA) is 110 Å². The fourth-order valence-corrected chi connectivity index (χ4v) is 2.51. The molecule has 0 aliphatic carbocycles. The molecule has 0 atom stereocenters. The number of carbonyl (C=O) groups excluding carboxylic acids is 1. The maximum absolute atomic E-state index is 11.9. The standard InChI is InChI=1S/C13H19N3O5S/c1-10(2)8-14-13(17)9-15(22(3,20)21)11-5-4-6-12(7-11)16(18)19/h4-7,10H,8-9H2,1-3H3,(H,14,17). The highest BCUT2D eigenvalue weighted by Crippen LogP contribution is 2.22. The first kappa shape index (κ1) is 17.9. The molecule has 9 heteroatoms. The van der Waals surface area contributed by atoms with E-state index in [0.29, 0.717) is 6.54 Å². The lowest BCUT2D eigenvalue weighted by molar-refractivity contribution is -0.384. The van der Waals surface area contributed by atoms with Crippen LogP contribution in [0.4, 0.5) is 11.4 Å². The predicted octanol–water partition coefficient (Wildman–Crippen LogP) is 1.13. The van der Waals surface area contributed by atoms with Crippen molar-refractivity contribution in [1.82, 2.24) is 5.32 Å². The third-order valence-electron chi connectivity index (χ3n) is 2.72. The lowest BCUT2D eigenvalue weighted by atomic mass is 10.2. The molecule has 122 valence electrons. The predicted molar refractivity (Wildman–Crippen MR) is 83.1 cm³/mol. The van der Waals surface area contributed by atoms with E-state index >= 15 is 0 Å². The quantitative estimate of drug-likeness (QED) is 0.596. The molecule has 0 heterocycles. The number of carbonyl (C=O) groups is 1. The minimum atomic E-state index is -3.74. The molecule has 0 spiro atoms. The van der Waals surface area contributed by atoms with E-state index < -0.39 is 27.4 Å². The van der Waals surface area contributed by atoms with Crippen LogP contribution in [0.3, 0.4) is 0 Å². The third-order valence-corrected chi connectivity index (χ3v) is 3.86. The van der Waals surface area contributed by atoms with Crippen LogP contribution in [0.5, 0.6) is 0 Å². The lowest BCUT2D eigenvalue weighted by Gasteiger charge is -2.22. The number of amides is 1. The molecule has 1 aromatic carbocycles. The molecule has 0 saturated heterocycles. The molecule has 0 unspecified atom stereocenters. The number of nitro groups is 1. The molecule has 0 radical (unpaired) electrons. The molecule has 1 N–H and O–H groups in total. The van der Waals surface area contributed by atoms with Crippen LogP contribution in [0.15, 0.2) is 24.3 Å². The second-order valence-corrected chi connectivity index (χ2v) is 7.15. The zero-order chi connectivity index (χ0) is 16.9. The van der Waals surface area contributed by atoms with Crippen molar-refractivity contribution in [2.45, 2.75) is 13.8 Å². The summed E-state index contributed by atoms with van der Waals surface area (Å²) >= 11 is 0. The normalized spacial score (nSPS) is 11.3. The summed E-state index contributed by atoms with van der Waals surface area (Å²) in [6, 6.07) is 5.15. The van der Waals surface area contributed by atoms with Crippen molar-refractivity contribution in [2.75, 3.05) is 23.7 Å². The summed E-state index contributed by atoms with van der Waals surface area (Å²) in [6.45, 7) is 3.82. The van der Waals surface area contributed by atoms with Crippen LogP contribution in [0.25, 0.3) is 0 Å². The highest BCUT2D eigenvalue weighted by atomic mass is 32.2. The van der Waals surface area contributed by atoms with Gasteiger partial charge in [0.1, 0.15) is 6.54 Å². The van der Waals surface area contributed by atoms with Crippen LogP contribution in [0, 0.1) is 16.0 Å². The summed E-state index contributed by atoms with van der Waals surface area (Å²) in [5.41, 5.74) is -0.162. The van der Waals surface area contributed by atoms with Crippen LogP contribution in [0.2, 0.25) is 0 Å². The number of hydrogen-bond acceptors (Lipinski definition) is 5. The minimum absolute atomic E-state index is 0.0800. The van der Waals surface area contributed by atoms with Crippen molar-refractivity contribution >= 4 is 27.3 Å². The maximum atomic E-state index is 11.9. The fraction of sp³-hybridized carbons (Fsp3) is 0.462. The van der Waals surface area contributed by atoms with E-state index in [-0.39, 0.29) is 17.3 Å². The van der Waals surface area contributed by atoms with E-state index in [2.05, 4.69) is 5.32 Å². The number of sulfonamides is 1. The van der Waals surface area contributed by atoms with Gasteiger partial charge in [-0.1, -0.05) is 19.9 Å². The average Bonchev–Trinajstić information content (AvgIpc) is 2.41. The smallest absolute Gasteiger partial charge is 0.271 e. The van der Waals surface area contributed by atoms with Crippen molar-refractivity contribution in [3.05, 3.63) is 34.4 Å². The zero-order valence-corrected chi connectivity index (χ0v) is 13.5. The van der Waals surface area contributed by atoms with Crippen molar-refractivity contribution in [3.8, 4) is 0 Å². The van der Waals surface area contributed by atoms with Gasteiger partial charge < -0.3 is 5.32 Å². The average molecular weight is 329 g/mol. The number of rotatable bonds is 7. The highest BCUT2D eigenvalue weighted by molar-refractivity contribution is 7.92. The molecule has 22 heavy (non-hydrogen) atoms. The molecule has 0 fully saturated rings. The van der Waals surface area contributed by atoms with E-state index in [1.165, 1.54) is 18.2 Å². The Kier molecular flexibility index (Phi) is 5.86. The molecule has 1 amide bonds. The zero-order valence-electron chi connectivity index (χ0n) is 12.6. The van der Waals surface area contributed by atoms with Gasteiger partial charge in [0.05, 0.1) is 16.9 Å². The number of non-ortho nitro benzene ring substituents is 1. The summed E-state index contributed by atoms with van der Waals surface area (Å²) in [6.07, 6.45) is 0.946. The van der Waals surface area contributed by atoms with E-state index in [1.54, 1.807) is 0 Å². The van der Waals surface area contributed by atoms with Crippen molar-refractivity contribution < 1.29 is 18.1 Å². The van der Waals surface area contributed by atoms with Crippen LogP contribution in [0.1, 0.15) is 13.8 Å². The molecule has 0 aromatic heterocycles. The van der Waals surface area contributed by atoms with Gasteiger partial charge in [-0.25, -0.2) is 8.42 Å². The summed E-state index contributed by atoms with van der Waals surface area (Å²) in [5, 5.41) is 13.4. The van der Waals surface area contributed by atoms with Gasteiger partial charge in [0.15, 0.2) is 0 Å². The van der Waals surface area contributed by atoms with E-state index in [0.717, 1.165) is 16.6 Å². The van der Waals surface area contributed by atoms with Crippen LogP contribution in [-0.4, -0.2) is 38.6 Å². The van der Waals surface area contributed by atoms with Crippen LogP contribution >= 0.6 is 0 Å². The van der Waals surface area contributed by atoms with E-state index in [1.807, 2.05) is 13.8 Å². The maximum Gasteiger partial charge on any atom is 0.271 e. The highest BCUT2D eigenvalue weighted by Gasteiger charge is 2.22. The van der Waals surface area contributed by atoms with Gasteiger partial charge in [-0.05, 0) is 12.0 Å². The van der Waals surface area contributed by atoms with Gasteiger partial charge >= 0.3 is 0 Å². The van der Waals surface area contributed by atoms with Crippen LogP contribution in [-0.2, 0) is 14.8 Å². The molecule has 0 bridgehead atoms. The molecule has 8 nitrogen and oxygen atoms in total. The van der Waals surface area contributed by atoms with Gasteiger partial charge in [0.25, 0.3) is 5.69 Å². The summed E-state index contributed by atoms with van der Waals surface area (Å²) in [7, 11) is -3.74. The molecule has 0 aliphatic rings. The first-order chi connectivity index (χ1) is 10.1. The Hall–Kier alpha value is -2.16. The molecular formula is C13H19N3O5S. The Morgan fingerprint density at radius 1 is 1.41 bits per heavy atom. The number of benzene rings is 1. The van der Waals surface area contributed by atoms with E-state index in [9.17, 15) is 23.3 Å². The van der Waals surface area contributed by atoms with Gasteiger partial charge in [-0.15, -0.1) is 0 Å². The lowest BCUT2D eigenvalue weighted by Crippen LogP contribution is -2.41. The second kappa shape index (κ2) is 7.21.